The summed E-state index contributed by atoms with van der Waals surface area (Å²) in [5.74, 6) is 1.26. The Bertz CT molecular complexity index is 768. The van der Waals surface area contributed by atoms with Gasteiger partial charge < -0.3 is 14.2 Å². The number of ether oxygens (including phenoxy) is 3. The van der Waals surface area contributed by atoms with Gasteiger partial charge in [0.25, 0.3) is 0 Å². The topological polar surface area (TPSA) is 61.8 Å². The summed E-state index contributed by atoms with van der Waals surface area (Å²) in [6.45, 7) is 1.49. The monoisotopic (exact) mass is 406 g/mol. The Labute approximate surface area is 155 Å². The van der Waals surface area contributed by atoms with Crippen molar-refractivity contribution in [3.63, 3.8) is 0 Å². The van der Waals surface area contributed by atoms with Crippen LogP contribution in [0.5, 0.6) is 17.2 Å². The number of aryl methyl sites for hydroxylation is 1. The van der Waals surface area contributed by atoms with Gasteiger partial charge in [-0.3, -0.25) is 9.59 Å². The lowest BCUT2D eigenvalue weighted by atomic mass is 10.1. The first-order valence-electron chi connectivity index (χ1n) is 7.66. The quantitative estimate of drug-likeness (QED) is 0.391. The first kappa shape index (κ1) is 19.0. The van der Waals surface area contributed by atoms with Crippen molar-refractivity contribution in [1.29, 1.82) is 0 Å². The number of hydrogen-bond acceptors (Lipinski definition) is 5. The maximum Gasteiger partial charge on any atom is 0.311 e. The molecule has 132 valence electrons. The van der Waals surface area contributed by atoms with E-state index in [0.29, 0.717) is 29.2 Å². The van der Waals surface area contributed by atoms with Gasteiger partial charge in [0.1, 0.15) is 5.75 Å². The van der Waals surface area contributed by atoms with Crippen LogP contribution in [0, 0.1) is 0 Å². The molecule has 2 aromatic carbocycles. The van der Waals surface area contributed by atoms with E-state index in [-0.39, 0.29) is 18.2 Å². The van der Waals surface area contributed by atoms with Crippen molar-refractivity contribution in [1.82, 2.24) is 0 Å². The van der Waals surface area contributed by atoms with Crippen molar-refractivity contribution in [3.05, 3.63) is 52.0 Å². The molecule has 25 heavy (non-hydrogen) atoms. The summed E-state index contributed by atoms with van der Waals surface area (Å²) in [7, 11) is 3.13. The molecule has 0 radical (unpaired) electrons. The van der Waals surface area contributed by atoms with E-state index >= 15 is 0 Å². The molecule has 0 bridgehead atoms. The molecule has 6 heteroatoms. The third-order valence-electron chi connectivity index (χ3n) is 3.64. The van der Waals surface area contributed by atoms with Crippen LogP contribution in [0.15, 0.2) is 40.9 Å². The molecule has 2 aromatic rings. The molecule has 0 N–H and O–H groups in total. The van der Waals surface area contributed by atoms with Gasteiger partial charge in [0.05, 0.1) is 20.6 Å². The predicted octanol–water partition coefficient (Wildman–Crippen LogP) is 4.21. The second kappa shape index (κ2) is 8.67. The van der Waals surface area contributed by atoms with Crippen molar-refractivity contribution in [2.75, 3.05) is 14.2 Å². The third kappa shape index (κ3) is 5.06. The number of esters is 1. The summed E-state index contributed by atoms with van der Waals surface area (Å²) in [6.07, 6.45) is 0.702. The van der Waals surface area contributed by atoms with E-state index in [0.717, 1.165) is 10.0 Å². The summed E-state index contributed by atoms with van der Waals surface area (Å²) < 4.78 is 16.6. The molecule has 0 saturated heterocycles. The van der Waals surface area contributed by atoms with Crippen molar-refractivity contribution in [3.8, 4) is 17.2 Å². The number of methoxy groups -OCH3 is 2. The average Bonchev–Trinajstić information content (AvgIpc) is 2.60. The molecule has 0 unspecified atom stereocenters. The number of hydrogen-bond donors (Lipinski definition) is 0. The lowest BCUT2D eigenvalue weighted by Crippen LogP contribution is -2.09. The van der Waals surface area contributed by atoms with Gasteiger partial charge in [0, 0.05) is 10.0 Å². The number of ketones is 1. The highest BCUT2D eigenvalue weighted by atomic mass is 79.9. The smallest absolute Gasteiger partial charge is 0.311 e. The highest BCUT2D eigenvalue weighted by molar-refractivity contribution is 9.10. The maximum atomic E-state index is 12.0. The summed E-state index contributed by atoms with van der Waals surface area (Å²) in [5, 5.41) is 0. The van der Waals surface area contributed by atoms with Crippen molar-refractivity contribution in [2.45, 2.75) is 19.8 Å². The molecule has 0 amide bonds. The molecular weight excluding hydrogens is 388 g/mol. The fourth-order valence-electron chi connectivity index (χ4n) is 2.26. The van der Waals surface area contributed by atoms with Crippen LogP contribution < -0.4 is 14.2 Å². The van der Waals surface area contributed by atoms with Crippen molar-refractivity contribution in [2.24, 2.45) is 0 Å². The number of carbonyl (C=O) groups is 2. The largest absolute Gasteiger partial charge is 0.493 e. The molecular formula is C19H19BrO5. The number of rotatable bonds is 7. The molecule has 2 rings (SSSR count). The van der Waals surface area contributed by atoms with Crippen LogP contribution in [0.25, 0.3) is 0 Å². The Morgan fingerprint density at radius 3 is 2.16 bits per heavy atom. The molecule has 0 heterocycles. The Hall–Kier alpha value is -2.34. The Kier molecular flexibility index (Phi) is 6.58. The van der Waals surface area contributed by atoms with Crippen LogP contribution in [-0.2, 0) is 11.2 Å². The highest BCUT2D eigenvalue weighted by Gasteiger charge is 2.12. The first-order valence-corrected chi connectivity index (χ1v) is 8.46. The number of Topliss-reactive ketones (excluding diaryl/α,β-unsaturated/α-hetero) is 1. The van der Waals surface area contributed by atoms with Gasteiger partial charge >= 0.3 is 5.97 Å². The van der Waals surface area contributed by atoms with Crippen LogP contribution in [0.1, 0.15) is 29.3 Å². The van der Waals surface area contributed by atoms with Gasteiger partial charge in [-0.25, -0.2) is 0 Å². The molecule has 0 aliphatic rings. The standard InChI is InChI=1S/C19H19BrO5/c1-12(21)13-4-7-15(8-5-13)25-19(22)9-6-14-10-17(23-2)18(24-3)11-16(14)20/h4-5,7-8,10-11H,6,9H2,1-3H3. The van der Waals surface area contributed by atoms with Crippen LogP contribution >= 0.6 is 15.9 Å². The highest BCUT2D eigenvalue weighted by Crippen LogP contribution is 2.33. The van der Waals surface area contributed by atoms with Gasteiger partial charge in [-0.2, -0.15) is 0 Å². The van der Waals surface area contributed by atoms with Gasteiger partial charge in [0.15, 0.2) is 17.3 Å². The Morgan fingerprint density at radius 2 is 1.60 bits per heavy atom. The lowest BCUT2D eigenvalue weighted by Gasteiger charge is -2.12. The predicted molar refractivity (Wildman–Crippen MR) is 97.6 cm³/mol. The molecule has 0 aliphatic heterocycles. The minimum Gasteiger partial charge on any atom is -0.493 e. The van der Waals surface area contributed by atoms with E-state index in [9.17, 15) is 9.59 Å². The zero-order valence-electron chi connectivity index (χ0n) is 14.3. The van der Waals surface area contributed by atoms with Crippen LogP contribution in [0.2, 0.25) is 0 Å². The van der Waals surface area contributed by atoms with Crippen LogP contribution in [0.4, 0.5) is 0 Å². The van der Waals surface area contributed by atoms with Crippen molar-refractivity contribution < 1.29 is 23.8 Å². The molecule has 0 saturated carbocycles. The molecule has 5 nitrogen and oxygen atoms in total. The maximum absolute atomic E-state index is 12.0. The first-order chi connectivity index (χ1) is 11.9. The minimum atomic E-state index is -0.350. The summed E-state index contributed by atoms with van der Waals surface area (Å²) in [6, 6.07) is 10.1. The van der Waals surface area contributed by atoms with Gasteiger partial charge in [0.2, 0.25) is 0 Å². The molecule has 0 aliphatic carbocycles. The Balaban J connectivity index is 1.99. The van der Waals surface area contributed by atoms with Gasteiger partial charge in [-0.15, -0.1) is 0 Å². The van der Waals surface area contributed by atoms with E-state index in [1.54, 1.807) is 44.6 Å². The van der Waals surface area contributed by atoms with Gasteiger partial charge in [-0.1, -0.05) is 15.9 Å². The average molecular weight is 407 g/mol. The number of carbonyl (C=O) groups excluding carboxylic acids is 2. The molecule has 0 aromatic heterocycles. The second-order valence-electron chi connectivity index (χ2n) is 5.35. The van der Waals surface area contributed by atoms with E-state index in [4.69, 9.17) is 14.2 Å². The van der Waals surface area contributed by atoms with E-state index < -0.39 is 0 Å². The summed E-state index contributed by atoms with van der Waals surface area (Å²) in [5.41, 5.74) is 1.50. The second-order valence-corrected chi connectivity index (χ2v) is 6.21. The molecule has 0 fully saturated rings. The van der Waals surface area contributed by atoms with E-state index in [1.807, 2.05) is 6.07 Å². The fraction of sp³-hybridized carbons (Fsp3) is 0.263. The SMILES string of the molecule is COc1cc(Br)c(CCC(=O)Oc2ccc(C(C)=O)cc2)cc1OC. The number of halogens is 1. The normalized spacial score (nSPS) is 10.2. The zero-order chi connectivity index (χ0) is 18.4. The third-order valence-corrected chi connectivity index (χ3v) is 4.38. The fourth-order valence-corrected chi connectivity index (χ4v) is 2.79. The van der Waals surface area contributed by atoms with Crippen LogP contribution in [0.3, 0.4) is 0 Å². The summed E-state index contributed by atoms with van der Waals surface area (Å²) >= 11 is 3.47. The zero-order valence-corrected chi connectivity index (χ0v) is 15.9. The molecule has 0 atom stereocenters. The Morgan fingerprint density at radius 1 is 1.00 bits per heavy atom. The number of benzene rings is 2. The van der Waals surface area contributed by atoms with E-state index in [2.05, 4.69) is 15.9 Å². The van der Waals surface area contributed by atoms with Crippen LogP contribution in [-0.4, -0.2) is 26.0 Å². The van der Waals surface area contributed by atoms with Gasteiger partial charge in [-0.05, 0) is 55.3 Å². The molecule has 0 spiro atoms. The van der Waals surface area contributed by atoms with Crippen molar-refractivity contribution >= 4 is 27.7 Å². The van der Waals surface area contributed by atoms with E-state index in [1.165, 1.54) is 6.92 Å². The summed E-state index contributed by atoms with van der Waals surface area (Å²) in [4.78, 5) is 23.3. The minimum absolute atomic E-state index is 0.0313. The lowest BCUT2D eigenvalue weighted by molar-refractivity contribution is -0.134.